The van der Waals surface area contributed by atoms with Gasteiger partial charge in [-0.1, -0.05) is 6.92 Å². The maximum atomic E-state index is 13.0. The van der Waals surface area contributed by atoms with Gasteiger partial charge in [0, 0.05) is 19.3 Å². The van der Waals surface area contributed by atoms with E-state index >= 15 is 0 Å². The standard InChI is InChI=1S/C12H21N3OS/c1-5-15(4)17(16,14-10(2)3)12-8-6-11(13)7-9-12/h6-10H,5,13H2,1-4H3. The topological polar surface area (TPSA) is 58.7 Å². The van der Waals surface area contributed by atoms with Gasteiger partial charge in [-0.3, -0.25) is 0 Å². The van der Waals surface area contributed by atoms with Crippen molar-refractivity contribution in [2.24, 2.45) is 4.36 Å². The minimum absolute atomic E-state index is 0.0223. The van der Waals surface area contributed by atoms with E-state index in [-0.39, 0.29) is 6.04 Å². The molecule has 96 valence electrons. The van der Waals surface area contributed by atoms with E-state index in [0.29, 0.717) is 17.1 Å². The first-order chi connectivity index (χ1) is 7.90. The lowest BCUT2D eigenvalue weighted by atomic mass is 10.3. The number of nitrogens with zero attached hydrogens (tertiary/aromatic N) is 2. The van der Waals surface area contributed by atoms with Crippen LogP contribution in [0.5, 0.6) is 0 Å². The molecule has 0 saturated heterocycles. The fourth-order valence-corrected chi connectivity index (χ4v) is 3.48. The highest BCUT2D eigenvalue weighted by molar-refractivity contribution is 7.91. The van der Waals surface area contributed by atoms with Crippen molar-refractivity contribution in [1.29, 1.82) is 0 Å². The molecule has 4 nitrogen and oxygen atoms in total. The quantitative estimate of drug-likeness (QED) is 0.840. The second kappa shape index (κ2) is 5.51. The van der Waals surface area contributed by atoms with Crippen molar-refractivity contribution < 1.29 is 4.21 Å². The normalized spacial score (nSPS) is 14.9. The van der Waals surface area contributed by atoms with E-state index in [1.54, 1.807) is 28.6 Å². The van der Waals surface area contributed by atoms with Crippen molar-refractivity contribution >= 4 is 15.6 Å². The molecule has 5 heteroatoms. The molecule has 1 atom stereocenters. The third-order valence-corrected chi connectivity index (χ3v) is 5.11. The minimum atomic E-state index is -2.51. The fourth-order valence-electron chi connectivity index (χ4n) is 1.43. The zero-order chi connectivity index (χ0) is 13.1. The molecule has 0 spiro atoms. The number of benzene rings is 1. The summed E-state index contributed by atoms with van der Waals surface area (Å²) in [5, 5.41) is 0. The molecule has 0 aliphatic carbocycles. The van der Waals surface area contributed by atoms with E-state index in [2.05, 4.69) is 4.36 Å². The Kier molecular flexibility index (Phi) is 4.54. The molecule has 1 aromatic rings. The van der Waals surface area contributed by atoms with E-state index in [9.17, 15) is 4.21 Å². The largest absolute Gasteiger partial charge is 0.399 e. The van der Waals surface area contributed by atoms with E-state index in [0.717, 1.165) is 0 Å². The Hall–Kier alpha value is -1.07. The lowest BCUT2D eigenvalue weighted by Crippen LogP contribution is -2.27. The van der Waals surface area contributed by atoms with Gasteiger partial charge >= 0.3 is 0 Å². The maximum Gasteiger partial charge on any atom is 0.139 e. The highest BCUT2D eigenvalue weighted by Crippen LogP contribution is 2.19. The zero-order valence-electron chi connectivity index (χ0n) is 10.9. The molecule has 0 aliphatic heterocycles. The molecule has 0 aromatic heterocycles. The average molecular weight is 255 g/mol. The first-order valence-corrected chi connectivity index (χ1v) is 7.20. The SMILES string of the molecule is CCN(C)S(=O)(=NC(C)C)c1ccc(N)cc1. The van der Waals surface area contributed by atoms with E-state index < -0.39 is 9.92 Å². The molecule has 0 radical (unpaired) electrons. The van der Waals surface area contributed by atoms with Crippen LogP contribution in [0.2, 0.25) is 0 Å². The third kappa shape index (κ3) is 3.20. The number of nitrogens with two attached hydrogens (primary N) is 1. The highest BCUT2D eigenvalue weighted by atomic mass is 32.2. The van der Waals surface area contributed by atoms with Crippen LogP contribution in [0.4, 0.5) is 5.69 Å². The summed E-state index contributed by atoms with van der Waals surface area (Å²) in [5.74, 6) is 0. The Bertz CT molecular complexity index is 473. The second-order valence-corrected chi connectivity index (χ2v) is 6.51. The minimum Gasteiger partial charge on any atom is -0.399 e. The summed E-state index contributed by atoms with van der Waals surface area (Å²) in [7, 11) is -0.686. The van der Waals surface area contributed by atoms with E-state index in [4.69, 9.17) is 5.73 Å². The molecule has 1 aromatic carbocycles. The molecule has 0 heterocycles. The molecule has 1 rings (SSSR count). The number of rotatable bonds is 4. The van der Waals surface area contributed by atoms with Crippen molar-refractivity contribution in [3.63, 3.8) is 0 Å². The van der Waals surface area contributed by atoms with Gasteiger partial charge in [-0.25, -0.2) is 12.9 Å². The van der Waals surface area contributed by atoms with Crippen molar-refractivity contribution in [1.82, 2.24) is 4.31 Å². The van der Waals surface area contributed by atoms with Gasteiger partial charge < -0.3 is 5.73 Å². The van der Waals surface area contributed by atoms with Crippen LogP contribution in [0.3, 0.4) is 0 Å². The van der Waals surface area contributed by atoms with Gasteiger partial charge in [0.1, 0.15) is 9.92 Å². The van der Waals surface area contributed by atoms with Gasteiger partial charge in [0.15, 0.2) is 0 Å². The Morgan fingerprint density at radius 1 is 1.35 bits per heavy atom. The summed E-state index contributed by atoms with van der Waals surface area (Å²) in [5.41, 5.74) is 6.31. The van der Waals surface area contributed by atoms with E-state index in [1.807, 2.05) is 27.8 Å². The lowest BCUT2D eigenvalue weighted by Gasteiger charge is -2.21. The number of hydrogen-bond acceptors (Lipinski definition) is 3. The average Bonchev–Trinajstić information content (AvgIpc) is 2.27. The van der Waals surface area contributed by atoms with Crippen LogP contribution in [-0.4, -0.2) is 28.1 Å². The molecule has 0 fully saturated rings. The Labute approximate surface area is 104 Å². The molecule has 1 unspecified atom stereocenters. The molecule has 0 amide bonds. The van der Waals surface area contributed by atoms with Crippen molar-refractivity contribution in [2.45, 2.75) is 31.7 Å². The number of hydrogen-bond donors (Lipinski definition) is 1. The van der Waals surface area contributed by atoms with E-state index in [1.165, 1.54) is 0 Å². The molecule has 0 aliphatic rings. The van der Waals surface area contributed by atoms with Crippen molar-refractivity contribution in [2.75, 3.05) is 19.3 Å². The van der Waals surface area contributed by atoms with Crippen LogP contribution >= 0.6 is 0 Å². The predicted octanol–water partition coefficient (Wildman–Crippen LogP) is 2.37. The van der Waals surface area contributed by atoms with Crippen LogP contribution in [0, 0.1) is 0 Å². The van der Waals surface area contributed by atoms with Crippen LogP contribution in [0.15, 0.2) is 33.5 Å². The summed E-state index contributed by atoms with van der Waals surface area (Å²) in [6, 6.07) is 7.11. The van der Waals surface area contributed by atoms with Gasteiger partial charge in [0.25, 0.3) is 0 Å². The monoisotopic (exact) mass is 255 g/mol. The van der Waals surface area contributed by atoms with Crippen molar-refractivity contribution in [3.05, 3.63) is 24.3 Å². The van der Waals surface area contributed by atoms with Gasteiger partial charge in [-0.05, 0) is 38.1 Å². The molecule has 2 N–H and O–H groups in total. The Morgan fingerprint density at radius 2 is 1.88 bits per heavy atom. The third-order valence-electron chi connectivity index (χ3n) is 2.41. The Morgan fingerprint density at radius 3 is 2.29 bits per heavy atom. The second-order valence-electron chi connectivity index (χ2n) is 4.21. The summed E-state index contributed by atoms with van der Waals surface area (Å²) in [6.07, 6.45) is 0. The van der Waals surface area contributed by atoms with Gasteiger partial charge in [-0.2, -0.15) is 0 Å². The first-order valence-electron chi connectivity index (χ1n) is 5.73. The van der Waals surface area contributed by atoms with Gasteiger partial charge in [0.05, 0.1) is 10.9 Å². The predicted molar refractivity (Wildman–Crippen MR) is 73.1 cm³/mol. The maximum absolute atomic E-state index is 13.0. The summed E-state index contributed by atoms with van der Waals surface area (Å²) in [4.78, 5) is 0.713. The smallest absolute Gasteiger partial charge is 0.139 e. The fraction of sp³-hybridized carbons (Fsp3) is 0.500. The van der Waals surface area contributed by atoms with Crippen LogP contribution in [0.25, 0.3) is 0 Å². The molecule has 0 bridgehead atoms. The number of anilines is 1. The summed E-state index contributed by atoms with van der Waals surface area (Å²) < 4.78 is 19.1. The Balaban J connectivity index is 3.35. The van der Waals surface area contributed by atoms with Crippen LogP contribution < -0.4 is 5.73 Å². The molecular weight excluding hydrogens is 234 g/mol. The molecular formula is C12H21N3OS. The van der Waals surface area contributed by atoms with Crippen LogP contribution in [-0.2, 0) is 9.92 Å². The van der Waals surface area contributed by atoms with Gasteiger partial charge in [-0.15, -0.1) is 0 Å². The lowest BCUT2D eigenvalue weighted by molar-refractivity contribution is 0.534. The summed E-state index contributed by atoms with van der Waals surface area (Å²) in [6.45, 7) is 6.51. The first kappa shape index (κ1) is 14.0. The van der Waals surface area contributed by atoms with Crippen LogP contribution in [0.1, 0.15) is 20.8 Å². The molecule has 17 heavy (non-hydrogen) atoms. The zero-order valence-corrected chi connectivity index (χ0v) is 11.7. The molecule has 0 saturated carbocycles. The summed E-state index contributed by atoms with van der Waals surface area (Å²) >= 11 is 0. The van der Waals surface area contributed by atoms with Gasteiger partial charge in [0.2, 0.25) is 0 Å². The number of nitrogen functional groups attached to an aromatic ring is 1. The van der Waals surface area contributed by atoms with Crippen molar-refractivity contribution in [3.8, 4) is 0 Å². The highest BCUT2D eigenvalue weighted by Gasteiger charge is 2.17.